The molecule has 1 aromatic carbocycles. The molecule has 1 amide bonds. The van der Waals surface area contributed by atoms with Crippen molar-refractivity contribution in [2.45, 2.75) is 25.9 Å². The molecule has 0 aromatic heterocycles. The molecule has 1 aromatic rings. The normalized spacial score (nSPS) is 25.8. The summed E-state index contributed by atoms with van der Waals surface area (Å²) in [5.41, 5.74) is 0.790. The monoisotopic (exact) mass is 175 g/mol. The summed E-state index contributed by atoms with van der Waals surface area (Å²) in [6.07, 6.45) is 0. The van der Waals surface area contributed by atoms with Crippen LogP contribution in [0.3, 0.4) is 0 Å². The van der Waals surface area contributed by atoms with Gasteiger partial charge in [-0.15, -0.1) is 0 Å². The molecule has 1 aliphatic heterocycles. The molecule has 2 nitrogen and oxygen atoms in total. The predicted octanol–water partition coefficient (Wildman–Crippen LogP) is 1.92. The molecule has 13 heavy (non-hydrogen) atoms. The Morgan fingerprint density at radius 3 is 2.15 bits per heavy atom. The second kappa shape index (κ2) is 2.87. The van der Waals surface area contributed by atoms with E-state index in [1.807, 2.05) is 35.2 Å². The minimum atomic E-state index is 0.153. The van der Waals surface area contributed by atoms with Gasteiger partial charge in [0.05, 0.1) is 0 Å². The van der Waals surface area contributed by atoms with E-state index in [0.29, 0.717) is 12.1 Å². The van der Waals surface area contributed by atoms with E-state index >= 15 is 0 Å². The lowest BCUT2D eigenvalue weighted by Gasteiger charge is -2.02. The van der Waals surface area contributed by atoms with Gasteiger partial charge in [-0.3, -0.25) is 4.79 Å². The molecule has 1 fully saturated rings. The van der Waals surface area contributed by atoms with Crippen LogP contribution >= 0.6 is 0 Å². The Labute approximate surface area is 78.2 Å². The van der Waals surface area contributed by atoms with Gasteiger partial charge in [0.2, 0.25) is 0 Å². The van der Waals surface area contributed by atoms with Crippen molar-refractivity contribution >= 4 is 5.91 Å². The van der Waals surface area contributed by atoms with Gasteiger partial charge >= 0.3 is 0 Å². The standard InChI is InChI=1S/C11H13NO/c1-8-9(2)12(8)11(13)10-6-4-3-5-7-10/h3-9H,1-2H3. The van der Waals surface area contributed by atoms with Crippen LogP contribution in [0.4, 0.5) is 0 Å². The van der Waals surface area contributed by atoms with Crippen LogP contribution in [0.15, 0.2) is 30.3 Å². The summed E-state index contributed by atoms with van der Waals surface area (Å²) in [6, 6.07) is 10.3. The first-order chi connectivity index (χ1) is 6.22. The Hall–Kier alpha value is -1.31. The van der Waals surface area contributed by atoms with Crippen LogP contribution in [-0.4, -0.2) is 22.9 Å². The third kappa shape index (κ3) is 1.32. The van der Waals surface area contributed by atoms with Crippen molar-refractivity contribution in [3.8, 4) is 0 Å². The molecular weight excluding hydrogens is 162 g/mol. The van der Waals surface area contributed by atoms with Crippen LogP contribution in [0.25, 0.3) is 0 Å². The molecule has 1 aliphatic rings. The Morgan fingerprint density at radius 2 is 1.69 bits per heavy atom. The molecule has 0 bridgehead atoms. The van der Waals surface area contributed by atoms with E-state index in [9.17, 15) is 4.79 Å². The Bertz CT molecular complexity index is 312. The fraction of sp³-hybridized carbons (Fsp3) is 0.364. The molecule has 0 saturated carbocycles. The number of carbonyl (C=O) groups is 1. The van der Waals surface area contributed by atoms with Crippen molar-refractivity contribution in [2.75, 3.05) is 0 Å². The molecule has 1 saturated heterocycles. The first-order valence-corrected chi connectivity index (χ1v) is 4.59. The van der Waals surface area contributed by atoms with Crippen LogP contribution in [0.1, 0.15) is 24.2 Å². The molecular formula is C11H13NO. The smallest absolute Gasteiger partial charge is 0.254 e. The number of amides is 1. The maximum Gasteiger partial charge on any atom is 0.254 e. The molecule has 0 radical (unpaired) electrons. The second-order valence-corrected chi connectivity index (χ2v) is 3.56. The summed E-state index contributed by atoms with van der Waals surface area (Å²) in [6.45, 7) is 4.15. The highest BCUT2D eigenvalue weighted by molar-refractivity contribution is 5.96. The van der Waals surface area contributed by atoms with Crippen LogP contribution in [-0.2, 0) is 0 Å². The van der Waals surface area contributed by atoms with Crippen LogP contribution in [0.5, 0.6) is 0 Å². The van der Waals surface area contributed by atoms with E-state index in [4.69, 9.17) is 0 Å². The van der Waals surface area contributed by atoms with Crippen molar-refractivity contribution in [1.82, 2.24) is 4.90 Å². The van der Waals surface area contributed by atoms with Crippen LogP contribution in [0.2, 0.25) is 0 Å². The number of hydrogen-bond acceptors (Lipinski definition) is 1. The Morgan fingerprint density at radius 1 is 1.15 bits per heavy atom. The molecule has 0 spiro atoms. The van der Waals surface area contributed by atoms with E-state index in [1.165, 1.54) is 0 Å². The lowest BCUT2D eigenvalue weighted by atomic mass is 10.2. The summed E-state index contributed by atoms with van der Waals surface area (Å²) in [5.74, 6) is 0.153. The van der Waals surface area contributed by atoms with E-state index < -0.39 is 0 Å². The molecule has 0 aliphatic carbocycles. The zero-order valence-corrected chi connectivity index (χ0v) is 7.90. The zero-order valence-electron chi connectivity index (χ0n) is 7.90. The van der Waals surface area contributed by atoms with Crippen molar-refractivity contribution in [3.05, 3.63) is 35.9 Å². The van der Waals surface area contributed by atoms with Gasteiger partial charge in [0, 0.05) is 17.6 Å². The Balaban J connectivity index is 2.16. The van der Waals surface area contributed by atoms with Crippen molar-refractivity contribution in [2.24, 2.45) is 0 Å². The summed E-state index contributed by atoms with van der Waals surface area (Å²) in [5, 5.41) is 0. The first-order valence-electron chi connectivity index (χ1n) is 4.59. The minimum absolute atomic E-state index is 0.153. The van der Waals surface area contributed by atoms with Crippen molar-refractivity contribution < 1.29 is 4.79 Å². The minimum Gasteiger partial charge on any atom is -0.329 e. The fourth-order valence-corrected chi connectivity index (χ4v) is 1.60. The fourth-order valence-electron chi connectivity index (χ4n) is 1.60. The van der Waals surface area contributed by atoms with E-state index in [1.54, 1.807) is 0 Å². The SMILES string of the molecule is CC1C(C)N1C(=O)c1ccccc1. The second-order valence-electron chi connectivity index (χ2n) is 3.56. The van der Waals surface area contributed by atoms with Gasteiger partial charge in [-0.2, -0.15) is 0 Å². The van der Waals surface area contributed by atoms with Gasteiger partial charge in [0.15, 0.2) is 0 Å². The van der Waals surface area contributed by atoms with Crippen molar-refractivity contribution in [1.29, 1.82) is 0 Å². The molecule has 68 valence electrons. The topological polar surface area (TPSA) is 20.1 Å². The molecule has 2 heteroatoms. The highest BCUT2D eigenvalue weighted by Crippen LogP contribution is 2.28. The number of hydrogen-bond donors (Lipinski definition) is 0. The van der Waals surface area contributed by atoms with Gasteiger partial charge in [0.1, 0.15) is 0 Å². The number of carbonyl (C=O) groups excluding carboxylic acids is 1. The highest BCUT2D eigenvalue weighted by Gasteiger charge is 2.43. The molecule has 2 rings (SSSR count). The van der Waals surface area contributed by atoms with Gasteiger partial charge in [-0.1, -0.05) is 18.2 Å². The Kier molecular flexibility index (Phi) is 1.83. The van der Waals surface area contributed by atoms with E-state index in [-0.39, 0.29) is 5.91 Å². The third-order valence-corrected chi connectivity index (χ3v) is 2.74. The summed E-state index contributed by atoms with van der Waals surface area (Å²) in [4.78, 5) is 13.7. The number of nitrogens with zero attached hydrogens (tertiary/aromatic N) is 1. The van der Waals surface area contributed by atoms with Crippen LogP contribution < -0.4 is 0 Å². The maximum absolute atomic E-state index is 11.8. The number of rotatable bonds is 1. The van der Waals surface area contributed by atoms with Crippen molar-refractivity contribution in [3.63, 3.8) is 0 Å². The largest absolute Gasteiger partial charge is 0.329 e. The average Bonchev–Trinajstić information content (AvgIpc) is 2.75. The third-order valence-electron chi connectivity index (χ3n) is 2.74. The van der Waals surface area contributed by atoms with E-state index in [0.717, 1.165) is 5.56 Å². The zero-order chi connectivity index (χ0) is 9.42. The van der Waals surface area contributed by atoms with Gasteiger partial charge in [0.25, 0.3) is 5.91 Å². The van der Waals surface area contributed by atoms with Gasteiger partial charge in [-0.05, 0) is 26.0 Å². The highest BCUT2D eigenvalue weighted by atomic mass is 16.2. The summed E-state index contributed by atoms with van der Waals surface area (Å²) in [7, 11) is 0. The van der Waals surface area contributed by atoms with Crippen LogP contribution in [0, 0.1) is 0 Å². The average molecular weight is 175 g/mol. The lowest BCUT2D eigenvalue weighted by molar-refractivity contribution is 0.0868. The summed E-state index contributed by atoms with van der Waals surface area (Å²) < 4.78 is 0. The van der Waals surface area contributed by atoms with Gasteiger partial charge < -0.3 is 4.90 Å². The molecule has 2 atom stereocenters. The predicted molar refractivity (Wildman–Crippen MR) is 51.5 cm³/mol. The number of benzene rings is 1. The summed E-state index contributed by atoms with van der Waals surface area (Å²) >= 11 is 0. The maximum atomic E-state index is 11.8. The molecule has 1 heterocycles. The first kappa shape index (κ1) is 8.30. The quantitative estimate of drug-likeness (QED) is 0.597. The lowest BCUT2D eigenvalue weighted by Crippen LogP contribution is -2.13. The van der Waals surface area contributed by atoms with E-state index in [2.05, 4.69) is 13.8 Å². The molecule has 2 unspecified atom stereocenters. The molecule has 0 N–H and O–H groups in total. The van der Waals surface area contributed by atoms with Gasteiger partial charge in [-0.25, -0.2) is 0 Å².